The maximum atomic E-state index is 13.5. The molecule has 0 radical (unpaired) electrons. The minimum absolute atomic E-state index is 0.132. The summed E-state index contributed by atoms with van der Waals surface area (Å²) in [4.78, 5) is 62.5. The smallest absolute Gasteiger partial charge is 0.343 e. The van der Waals surface area contributed by atoms with Crippen molar-refractivity contribution in [2.45, 2.75) is 58.0 Å². The van der Waals surface area contributed by atoms with Crippen LogP contribution >= 0.6 is 38.3 Å². The van der Waals surface area contributed by atoms with Crippen LogP contribution in [0.4, 0.5) is 10.5 Å². The molecule has 0 fully saturated rings. The van der Waals surface area contributed by atoms with Gasteiger partial charge in [-0.25, -0.2) is 0 Å². The lowest BCUT2D eigenvalue weighted by atomic mass is 10.1. The molecule has 2 amide bonds. The molecule has 11 nitrogen and oxygen atoms in total. The Balaban J connectivity index is 2.13. The molecule has 0 saturated carbocycles. The van der Waals surface area contributed by atoms with E-state index in [-0.39, 0.29) is 29.9 Å². The van der Waals surface area contributed by atoms with Crippen molar-refractivity contribution in [1.82, 2.24) is 15.2 Å². The lowest BCUT2D eigenvalue weighted by Gasteiger charge is -2.30. The zero-order chi connectivity index (χ0) is 30.1. The molecule has 0 saturated heterocycles. The summed E-state index contributed by atoms with van der Waals surface area (Å²) in [6.07, 6.45) is 3.35. The Morgan fingerprint density at radius 2 is 1.80 bits per heavy atom. The molecule has 1 aromatic heterocycles. The van der Waals surface area contributed by atoms with Gasteiger partial charge in [-0.2, -0.15) is 0 Å². The lowest BCUT2D eigenvalue weighted by Crippen LogP contribution is -2.37. The monoisotopic (exact) mass is 636 g/mol. The maximum absolute atomic E-state index is 13.5. The summed E-state index contributed by atoms with van der Waals surface area (Å²) < 4.78 is 23.4. The van der Waals surface area contributed by atoms with Crippen molar-refractivity contribution in [2.75, 3.05) is 37.0 Å². The van der Waals surface area contributed by atoms with Crippen LogP contribution in [0.15, 0.2) is 30.5 Å². The summed E-state index contributed by atoms with van der Waals surface area (Å²) in [6, 6.07) is 6.99. The van der Waals surface area contributed by atoms with Crippen LogP contribution in [0.3, 0.4) is 0 Å². The predicted molar refractivity (Wildman–Crippen MR) is 163 cm³/mol. The van der Waals surface area contributed by atoms with E-state index in [1.54, 1.807) is 29.3 Å². The van der Waals surface area contributed by atoms with Crippen molar-refractivity contribution in [2.24, 2.45) is 0 Å². The minimum atomic E-state index is -5.04. The van der Waals surface area contributed by atoms with Crippen LogP contribution < -0.4 is 10.2 Å². The molecule has 0 bridgehead atoms. The van der Waals surface area contributed by atoms with Crippen molar-refractivity contribution in [3.8, 4) is 0 Å². The van der Waals surface area contributed by atoms with Crippen LogP contribution in [-0.2, 0) is 13.9 Å². The van der Waals surface area contributed by atoms with E-state index in [4.69, 9.17) is 11.6 Å². The van der Waals surface area contributed by atoms with Crippen LogP contribution in [0.1, 0.15) is 46.5 Å². The number of nitrogens with zero attached hydrogens (tertiary/aromatic N) is 3. The standard InChI is InChI=1S/C25H39ClN4O7P2S/c1-5-29(6-2)15-7-9-18(3)30(22-13-14-27-21-17-19(26)11-12-20(21)22)25(32)40-16-8-10-23(31)28-24(38(4,33)34)39(35,36)37/h11-14,17-18,24H,5-10,15-16H2,1-4H3,(H,28,31)(H,33,34)(H2,35,36,37). The molecule has 1 aromatic carbocycles. The van der Waals surface area contributed by atoms with Gasteiger partial charge in [-0.15, -0.1) is 0 Å². The Morgan fingerprint density at radius 1 is 1.12 bits per heavy atom. The first kappa shape index (κ1) is 34.7. The molecule has 0 aliphatic carbocycles. The molecule has 0 aliphatic heterocycles. The highest BCUT2D eigenvalue weighted by atomic mass is 35.5. The fourth-order valence-electron chi connectivity index (χ4n) is 4.27. The number of aromatic nitrogens is 1. The van der Waals surface area contributed by atoms with Crippen LogP contribution in [0.25, 0.3) is 10.9 Å². The Morgan fingerprint density at radius 3 is 2.40 bits per heavy atom. The molecule has 3 atom stereocenters. The van der Waals surface area contributed by atoms with Gasteiger partial charge in [0.2, 0.25) is 18.8 Å². The summed E-state index contributed by atoms with van der Waals surface area (Å²) >= 11 is 7.19. The molecule has 40 heavy (non-hydrogen) atoms. The fourth-order valence-corrected chi connectivity index (χ4v) is 8.25. The molecule has 0 aliphatic rings. The molecular weight excluding hydrogens is 598 g/mol. The number of carbonyl (C=O) groups excluding carboxylic acids is 2. The third kappa shape index (κ3) is 10.4. The highest BCUT2D eigenvalue weighted by molar-refractivity contribution is 8.13. The normalized spacial score (nSPS) is 15.0. The molecule has 3 unspecified atom stereocenters. The summed E-state index contributed by atoms with van der Waals surface area (Å²) in [7, 11) is -9.32. The van der Waals surface area contributed by atoms with Gasteiger partial charge in [-0.1, -0.05) is 37.2 Å². The first-order valence-corrected chi connectivity index (χ1v) is 18.3. The lowest BCUT2D eigenvalue weighted by molar-refractivity contribution is -0.121. The topological polar surface area (TPSA) is 160 Å². The number of nitrogens with one attached hydrogen (secondary N) is 1. The van der Waals surface area contributed by atoms with E-state index in [0.717, 1.165) is 56.3 Å². The maximum Gasteiger partial charge on any atom is 0.357 e. The SMILES string of the molecule is CCN(CC)CCCC(C)N(C(=O)SCCCC(=O)NC(P(C)(=O)O)P(=O)(O)O)c1ccnc2cc(Cl)ccc12. The zero-order valence-electron chi connectivity index (χ0n) is 23.2. The Labute approximate surface area is 244 Å². The average Bonchev–Trinajstić information content (AvgIpc) is 2.86. The number of anilines is 1. The Bertz CT molecular complexity index is 1230. The summed E-state index contributed by atoms with van der Waals surface area (Å²) in [6.45, 7) is 9.83. The molecule has 4 N–H and O–H groups in total. The second kappa shape index (κ2) is 15.7. The summed E-state index contributed by atoms with van der Waals surface area (Å²) in [5.74, 6) is -0.524. The van der Waals surface area contributed by atoms with Gasteiger partial charge < -0.3 is 24.9 Å². The quantitative estimate of drug-likeness (QED) is 0.149. The number of hydrogen-bond donors (Lipinski definition) is 4. The van der Waals surface area contributed by atoms with E-state index in [1.165, 1.54) is 0 Å². The number of fused-ring (bicyclic) bond motifs is 1. The molecular formula is C25H39ClN4O7P2S. The van der Waals surface area contributed by atoms with Crippen LogP contribution in [0.2, 0.25) is 5.02 Å². The zero-order valence-corrected chi connectivity index (χ0v) is 26.6. The molecule has 15 heteroatoms. The van der Waals surface area contributed by atoms with E-state index in [9.17, 15) is 33.4 Å². The molecule has 0 spiro atoms. The number of benzene rings is 1. The number of halogens is 1. The number of thioether (sulfide) groups is 1. The Kier molecular flexibility index (Phi) is 13.6. The van der Waals surface area contributed by atoms with E-state index in [2.05, 4.69) is 23.7 Å². The Hall–Kier alpha value is -1.49. The molecule has 224 valence electrons. The van der Waals surface area contributed by atoms with E-state index in [0.29, 0.717) is 16.2 Å². The second-order valence-electron chi connectivity index (χ2n) is 9.57. The minimum Gasteiger partial charge on any atom is -0.343 e. The van der Waals surface area contributed by atoms with Gasteiger partial charge in [0.25, 0.3) is 5.24 Å². The highest BCUT2D eigenvalue weighted by Crippen LogP contribution is 2.58. The number of rotatable bonds is 15. The highest BCUT2D eigenvalue weighted by Gasteiger charge is 2.41. The molecule has 2 rings (SSSR count). The summed E-state index contributed by atoms with van der Waals surface area (Å²) in [5.41, 5.74) is -0.794. The van der Waals surface area contributed by atoms with Gasteiger partial charge in [0.15, 0.2) is 0 Å². The second-order valence-corrected chi connectivity index (χ2v) is 15.6. The van der Waals surface area contributed by atoms with Gasteiger partial charge in [-0.3, -0.25) is 28.6 Å². The first-order chi connectivity index (χ1) is 18.7. The van der Waals surface area contributed by atoms with Crippen LogP contribution in [0.5, 0.6) is 0 Å². The third-order valence-electron chi connectivity index (χ3n) is 6.41. The van der Waals surface area contributed by atoms with Crippen molar-refractivity contribution in [3.63, 3.8) is 0 Å². The van der Waals surface area contributed by atoms with E-state index < -0.39 is 26.4 Å². The van der Waals surface area contributed by atoms with E-state index >= 15 is 0 Å². The van der Waals surface area contributed by atoms with Gasteiger partial charge in [0.05, 0.1) is 11.2 Å². The van der Waals surface area contributed by atoms with Crippen molar-refractivity contribution in [3.05, 3.63) is 35.5 Å². The van der Waals surface area contributed by atoms with Gasteiger partial charge >= 0.3 is 7.60 Å². The molecule has 2 aromatic rings. The van der Waals surface area contributed by atoms with Crippen LogP contribution in [0, 0.1) is 0 Å². The van der Waals surface area contributed by atoms with Crippen molar-refractivity contribution < 1.29 is 33.4 Å². The number of amides is 2. The van der Waals surface area contributed by atoms with Crippen molar-refractivity contribution >= 4 is 66.1 Å². The van der Waals surface area contributed by atoms with E-state index in [1.807, 2.05) is 18.3 Å². The van der Waals surface area contributed by atoms with Gasteiger partial charge in [0.1, 0.15) is 0 Å². The first-order valence-electron chi connectivity index (χ1n) is 13.1. The number of carbonyl (C=O) groups is 2. The number of pyridine rings is 1. The van der Waals surface area contributed by atoms with Crippen molar-refractivity contribution in [1.29, 1.82) is 0 Å². The predicted octanol–water partition coefficient (Wildman–Crippen LogP) is 5.32. The fraction of sp³-hybridized carbons (Fsp3) is 0.560. The van der Waals surface area contributed by atoms with Gasteiger partial charge in [0, 0.05) is 41.5 Å². The van der Waals surface area contributed by atoms with Crippen LogP contribution in [-0.4, -0.2) is 79.3 Å². The average molecular weight is 637 g/mol. The molecule has 1 heterocycles. The number of hydrogen-bond acceptors (Lipinski definition) is 7. The largest absolute Gasteiger partial charge is 0.357 e. The summed E-state index contributed by atoms with van der Waals surface area (Å²) in [5, 5.41) is 3.09. The van der Waals surface area contributed by atoms with Gasteiger partial charge in [-0.05, 0) is 70.1 Å². The third-order valence-corrected chi connectivity index (χ3v) is 11.6.